The second-order valence-electron chi connectivity index (χ2n) is 6.32. The summed E-state index contributed by atoms with van der Waals surface area (Å²) in [7, 11) is -0.396. The Morgan fingerprint density at radius 2 is 2.15 bits per heavy atom. The predicted molar refractivity (Wildman–Crippen MR) is 94.9 cm³/mol. The number of H-pyrrole nitrogens is 1. The van der Waals surface area contributed by atoms with Gasteiger partial charge in [-0.05, 0) is 18.2 Å². The molecule has 0 radical (unpaired) electrons. The quantitative estimate of drug-likeness (QED) is 0.736. The standard InChI is InChI=1S/C16H21N5O4S/c1-21(2)26(23,24)10-11-8-25-9-15(11)18-16(22)14-7-13(19-20-14)12-5-3-4-6-17-12/h3-7,11,15H,8-10H2,1-2H3,(H,18,22)(H,19,20)/t11-,15+/m0/s1. The van der Waals surface area contributed by atoms with E-state index in [0.717, 1.165) is 0 Å². The van der Waals surface area contributed by atoms with E-state index < -0.39 is 10.0 Å². The van der Waals surface area contributed by atoms with Gasteiger partial charge in [0.15, 0.2) is 0 Å². The third kappa shape index (κ3) is 4.09. The number of carbonyl (C=O) groups excluding carboxylic acids is 1. The lowest BCUT2D eigenvalue weighted by Crippen LogP contribution is -2.43. The number of nitrogens with one attached hydrogen (secondary N) is 2. The number of carbonyl (C=O) groups is 1. The van der Waals surface area contributed by atoms with Gasteiger partial charge in [0.25, 0.3) is 5.91 Å². The zero-order chi connectivity index (χ0) is 18.7. The van der Waals surface area contributed by atoms with E-state index in [1.807, 2.05) is 6.07 Å². The van der Waals surface area contributed by atoms with Gasteiger partial charge < -0.3 is 10.1 Å². The Bertz CT molecular complexity index is 866. The van der Waals surface area contributed by atoms with Crippen LogP contribution in [0.3, 0.4) is 0 Å². The van der Waals surface area contributed by atoms with Gasteiger partial charge in [0.05, 0.1) is 30.7 Å². The molecule has 2 atom stereocenters. The minimum atomic E-state index is -3.37. The normalized spacial score (nSPS) is 20.4. The van der Waals surface area contributed by atoms with Crippen LogP contribution in [0.5, 0.6) is 0 Å². The van der Waals surface area contributed by atoms with Gasteiger partial charge in [-0.25, -0.2) is 12.7 Å². The molecule has 3 heterocycles. The molecule has 3 rings (SSSR count). The largest absolute Gasteiger partial charge is 0.379 e. The van der Waals surface area contributed by atoms with Crippen molar-refractivity contribution >= 4 is 15.9 Å². The SMILES string of the molecule is CN(C)S(=O)(=O)C[C@@H]1COC[C@H]1NC(=O)c1cc(-c2ccccn2)n[nH]1. The van der Waals surface area contributed by atoms with E-state index >= 15 is 0 Å². The predicted octanol–water partition coefficient (Wildman–Crippen LogP) is 0.108. The second kappa shape index (κ2) is 7.52. The molecule has 0 aliphatic carbocycles. The zero-order valence-electron chi connectivity index (χ0n) is 14.5. The number of amides is 1. The number of aromatic amines is 1. The van der Waals surface area contributed by atoms with Crippen LogP contribution < -0.4 is 5.32 Å². The van der Waals surface area contributed by atoms with E-state index in [1.165, 1.54) is 18.4 Å². The zero-order valence-corrected chi connectivity index (χ0v) is 15.4. The Balaban J connectivity index is 1.67. The summed E-state index contributed by atoms with van der Waals surface area (Å²) in [5, 5.41) is 9.62. The Kier molecular flexibility index (Phi) is 5.35. The Morgan fingerprint density at radius 1 is 1.35 bits per heavy atom. The molecule has 1 amide bonds. The first-order valence-corrected chi connectivity index (χ1v) is 9.73. The number of rotatable bonds is 6. The molecule has 1 fully saturated rings. The molecule has 0 unspecified atom stereocenters. The van der Waals surface area contributed by atoms with Crippen LogP contribution in [-0.2, 0) is 14.8 Å². The molecule has 1 aliphatic heterocycles. The molecular formula is C16H21N5O4S. The van der Waals surface area contributed by atoms with Crippen LogP contribution in [-0.4, -0.2) is 72.9 Å². The van der Waals surface area contributed by atoms with Gasteiger partial charge in [-0.3, -0.25) is 14.9 Å². The van der Waals surface area contributed by atoms with Gasteiger partial charge >= 0.3 is 0 Å². The number of aromatic nitrogens is 3. The highest BCUT2D eigenvalue weighted by Gasteiger charge is 2.34. The lowest BCUT2D eigenvalue weighted by molar-refractivity contribution is 0.0921. The molecular weight excluding hydrogens is 358 g/mol. The van der Waals surface area contributed by atoms with Gasteiger partial charge in [-0.1, -0.05) is 6.07 Å². The summed E-state index contributed by atoms with van der Waals surface area (Å²) in [6, 6.07) is 6.66. The van der Waals surface area contributed by atoms with Crippen LogP contribution in [0.1, 0.15) is 10.5 Å². The molecule has 9 nitrogen and oxygen atoms in total. The maximum absolute atomic E-state index is 12.5. The molecule has 2 aromatic rings. The summed E-state index contributed by atoms with van der Waals surface area (Å²) >= 11 is 0. The molecule has 26 heavy (non-hydrogen) atoms. The molecule has 1 saturated heterocycles. The summed E-state index contributed by atoms with van der Waals surface area (Å²) in [6.45, 7) is 0.570. The van der Waals surface area contributed by atoms with E-state index in [0.29, 0.717) is 18.0 Å². The average molecular weight is 379 g/mol. The number of hydrogen-bond donors (Lipinski definition) is 2. The maximum Gasteiger partial charge on any atom is 0.269 e. The molecule has 0 spiro atoms. The third-order valence-corrected chi connectivity index (χ3v) is 6.21. The van der Waals surface area contributed by atoms with Crippen LogP contribution in [0.2, 0.25) is 0 Å². The number of hydrogen-bond acceptors (Lipinski definition) is 6. The number of ether oxygens (including phenoxy) is 1. The molecule has 2 N–H and O–H groups in total. The summed E-state index contributed by atoms with van der Waals surface area (Å²) in [5.74, 6) is -0.737. The van der Waals surface area contributed by atoms with E-state index in [4.69, 9.17) is 4.74 Å². The van der Waals surface area contributed by atoms with Gasteiger partial charge in [0.1, 0.15) is 11.4 Å². The molecule has 0 aromatic carbocycles. The fourth-order valence-electron chi connectivity index (χ4n) is 2.67. The average Bonchev–Trinajstić information content (AvgIpc) is 3.25. The summed E-state index contributed by atoms with van der Waals surface area (Å²) in [6.07, 6.45) is 1.65. The number of sulfonamides is 1. The van der Waals surface area contributed by atoms with Crippen LogP contribution in [0.4, 0.5) is 0 Å². The van der Waals surface area contributed by atoms with Crippen molar-refractivity contribution in [3.05, 3.63) is 36.2 Å². The maximum atomic E-state index is 12.5. The minimum absolute atomic E-state index is 0.0763. The third-order valence-electron chi connectivity index (χ3n) is 4.25. The first kappa shape index (κ1) is 18.5. The summed E-state index contributed by atoms with van der Waals surface area (Å²) in [4.78, 5) is 16.7. The number of pyridine rings is 1. The molecule has 2 aromatic heterocycles. The van der Waals surface area contributed by atoms with E-state index in [9.17, 15) is 13.2 Å². The highest BCUT2D eigenvalue weighted by molar-refractivity contribution is 7.89. The molecule has 1 aliphatic rings. The first-order valence-electron chi connectivity index (χ1n) is 8.12. The smallest absolute Gasteiger partial charge is 0.269 e. The summed E-state index contributed by atoms with van der Waals surface area (Å²) in [5.41, 5.74) is 1.50. The second-order valence-corrected chi connectivity index (χ2v) is 8.55. The van der Waals surface area contributed by atoms with Crippen molar-refractivity contribution in [1.82, 2.24) is 24.8 Å². The molecule has 0 saturated carbocycles. The summed E-state index contributed by atoms with van der Waals surface area (Å²) < 4.78 is 30.7. The van der Waals surface area contributed by atoms with E-state index in [1.54, 1.807) is 24.4 Å². The van der Waals surface area contributed by atoms with E-state index in [2.05, 4.69) is 20.5 Å². The van der Waals surface area contributed by atoms with Crippen molar-refractivity contribution in [3.8, 4) is 11.4 Å². The highest BCUT2D eigenvalue weighted by atomic mass is 32.2. The van der Waals surface area contributed by atoms with Crippen molar-refractivity contribution in [3.63, 3.8) is 0 Å². The lowest BCUT2D eigenvalue weighted by Gasteiger charge is -2.20. The van der Waals surface area contributed by atoms with Crippen molar-refractivity contribution in [2.24, 2.45) is 5.92 Å². The number of nitrogens with zero attached hydrogens (tertiary/aromatic N) is 3. The Morgan fingerprint density at radius 3 is 2.85 bits per heavy atom. The molecule has 140 valence electrons. The van der Waals surface area contributed by atoms with Crippen molar-refractivity contribution in [1.29, 1.82) is 0 Å². The van der Waals surface area contributed by atoms with Gasteiger partial charge in [-0.2, -0.15) is 5.10 Å². The van der Waals surface area contributed by atoms with Crippen LogP contribution in [0.25, 0.3) is 11.4 Å². The molecule has 10 heteroatoms. The van der Waals surface area contributed by atoms with Crippen LogP contribution >= 0.6 is 0 Å². The fraction of sp³-hybridized carbons (Fsp3) is 0.438. The minimum Gasteiger partial charge on any atom is -0.379 e. The van der Waals surface area contributed by atoms with Crippen LogP contribution in [0.15, 0.2) is 30.5 Å². The first-order chi connectivity index (χ1) is 12.4. The monoisotopic (exact) mass is 379 g/mol. The highest BCUT2D eigenvalue weighted by Crippen LogP contribution is 2.19. The fourth-order valence-corrected chi connectivity index (χ4v) is 3.84. The topological polar surface area (TPSA) is 117 Å². The van der Waals surface area contributed by atoms with Crippen molar-refractivity contribution < 1.29 is 17.9 Å². The Labute approximate surface area is 151 Å². The van der Waals surface area contributed by atoms with Gasteiger partial charge in [-0.15, -0.1) is 0 Å². The molecule has 0 bridgehead atoms. The van der Waals surface area contributed by atoms with Gasteiger partial charge in [0, 0.05) is 26.2 Å². The van der Waals surface area contributed by atoms with Crippen LogP contribution in [0, 0.1) is 5.92 Å². The van der Waals surface area contributed by atoms with Gasteiger partial charge in [0.2, 0.25) is 10.0 Å². The lowest BCUT2D eigenvalue weighted by atomic mass is 10.1. The van der Waals surface area contributed by atoms with E-state index in [-0.39, 0.29) is 35.9 Å². The van der Waals surface area contributed by atoms with Crippen molar-refractivity contribution in [2.75, 3.05) is 33.1 Å². The Hall–Kier alpha value is -2.30. The van der Waals surface area contributed by atoms with Crippen molar-refractivity contribution in [2.45, 2.75) is 6.04 Å².